The summed E-state index contributed by atoms with van der Waals surface area (Å²) >= 11 is 0. The maximum atomic E-state index is 11.9. The first kappa shape index (κ1) is 9.44. The van der Waals surface area contributed by atoms with Crippen molar-refractivity contribution < 1.29 is 4.79 Å². The van der Waals surface area contributed by atoms with E-state index in [0.717, 1.165) is 31.5 Å². The van der Waals surface area contributed by atoms with Crippen LogP contribution in [0.25, 0.3) is 0 Å². The predicted molar refractivity (Wildman–Crippen MR) is 54.2 cm³/mol. The fourth-order valence-electron chi connectivity index (χ4n) is 1.81. The van der Waals surface area contributed by atoms with Crippen LogP contribution in [0, 0.1) is 5.92 Å². The van der Waals surface area contributed by atoms with Gasteiger partial charge in [-0.15, -0.1) is 0 Å². The minimum atomic E-state index is 0.280. The van der Waals surface area contributed by atoms with Crippen LogP contribution < -0.4 is 0 Å². The van der Waals surface area contributed by atoms with E-state index < -0.39 is 0 Å². The van der Waals surface area contributed by atoms with Gasteiger partial charge in [0.1, 0.15) is 5.69 Å². The third-order valence-corrected chi connectivity index (χ3v) is 2.88. The van der Waals surface area contributed by atoms with Crippen LogP contribution in [0.4, 0.5) is 0 Å². The molecule has 1 aromatic heterocycles. The Bertz CT molecular complexity index is 326. The Labute approximate surface area is 84.1 Å². The maximum Gasteiger partial charge on any atom is 0.183 e. The highest BCUT2D eigenvalue weighted by Gasteiger charge is 2.28. The van der Waals surface area contributed by atoms with E-state index in [2.05, 4.69) is 12.0 Å². The summed E-state index contributed by atoms with van der Waals surface area (Å²) in [7, 11) is 0. The lowest BCUT2D eigenvalue weighted by Gasteiger charge is -2.23. The zero-order chi connectivity index (χ0) is 9.97. The van der Waals surface area contributed by atoms with Gasteiger partial charge in [0, 0.05) is 18.7 Å². The molecule has 3 nitrogen and oxygen atoms in total. The summed E-state index contributed by atoms with van der Waals surface area (Å²) in [5.41, 5.74) is 0.802. The molecule has 0 N–H and O–H groups in total. The molecule has 1 aromatic rings. The van der Waals surface area contributed by atoms with Crippen LogP contribution in [0.2, 0.25) is 0 Å². The van der Waals surface area contributed by atoms with Crippen molar-refractivity contribution >= 4 is 5.78 Å². The van der Waals surface area contributed by atoms with Gasteiger partial charge in [-0.05, 0) is 25.3 Å². The number of rotatable bonds is 4. The molecule has 0 amide bonds. The van der Waals surface area contributed by atoms with Crippen molar-refractivity contribution in [3.63, 3.8) is 0 Å². The second kappa shape index (κ2) is 3.95. The van der Waals surface area contributed by atoms with Gasteiger partial charge < -0.3 is 0 Å². The Morgan fingerprint density at radius 1 is 1.64 bits per heavy atom. The summed E-state index contributed by atoms with van der Waals surface area (Å²) in [6.45, 7) is 2.94. The van der Waals surface area contributed by atoms with Gasteiger partial charge in [0.2, 0.25) is 0 Å². The van der Waals surface area contributed by atoms with Gasteiger partial charge >= 0.3 is 0 Å². The number of hydrogen-bond donors (Lipinski definition) is 0. The minimum absolute atomic E-state index is 0.280. The van der Waals surface area contributed by atoms with Crippen molar-refractivity contribution in [2.75, 3.05) is 0 Å². The van der Waals surface area contributed by atoms with E-state index in [1.54, 1.807) is 6.20 Å². The van der Waals surface area contributed by atoms with Gasteiger partial charge in [0.25, 0.3) is 0 Å². The molecule has 0 spiro atoms. The van der Waals surface area contributed by atoms with Crippen LogP contribution in [0.15, 0.2) is 12.3 Å². The summed E-state index contributed by atoms with van der Waals surface area (Å²) in [6.07, 6.45) is 6.08. The zero-order valence-corrected chi connectivity index (χ0v) is 8.57. The Kier molecular flexibility index (Phi) is 2.66. The molecule has 0 aliphatic heterocycles. The normalized spacial score (nSPS) is 16.6. The molecule has 0 unspecified atom stereocenters. The molecule has 1 saturated carbocycles. The number of hydrogen-bond acceptors (Lipinski definition) is 2. The molecule has 0 radical (unpaired) electrons. The van der Waals surface area contributed by atoms with Crippen LogP contribution in [0.3, 0.4) is 0 Å². The van der Waals surface area contributed by atoms with Gasteiger partial charge in [-0.1, -0.05) is 13.3 Å². The largest absolute Gasteiger partial charge is 0.292 e. The standard InChI is InChI=1S/C11H16N2O/c1-2-8-13-10(6-7-12-13)11(14)9-4-3-5-9/h6-7,9H,2-5,8H2,1H3. The first-order chi connectivity index (χ1) is 6.83. The van der Waals surface area contributed by atoms with Crippen LogP contribution in [0.5, 0.6) is 0 Å². The smallest absolute Gasteiger partial charge is 0.183 e. The van der Waals surface area contributed by atoms with Crippen molar-refractivity contribution in [1.82, 2.24) is 9.78 Å². The van der Waals surface area contributed by atoms with E-state index in [-0.39, 0.29) is 5.92 Å². The number of nitrogens with zero attached hydrogens (tertiary/aromatic N) is 2. The number of ketones is 1. The Morgan fingerprint density at radius 3 is 3.00 bits per heavy atom. The van der Waals surface area contributed by atoms with Crippen LogP contribution in [-0.4, -0.2) is 15.6 Å². The van der Waals surface area contributed by atoms with Crippen molar-refractivity contribution in [3.05, 3.63) is 18.0 Å². The molecule has 0 aromatic carbocycles. The average molecular weight is 192 g/mol. The summed E-state index contributed by atoms with van der Waals surface area (Å²) in [5.74, 6) is 0.574. The molecule has 0 bridgehead atoms. The fourth-order valence-corrected chi connectivity index (χ4v) is 1.81. The monoisotopic (exact) mass is 192 g/mol. The summed E-state index contributed by atoms with van der Waals surface area (Å²) in [6, 6.07) is 1.84. The first-order valence-electron chi connectivity index (χ1n) is 5.39. The van der Waals surface area contributed by atoms with Gasteiger partial charge in [0.15, 0.2) is 5.78 Å². The van der Waals surface area contributed by atoms with Crippen molar-refractivity contribution in [2.24, 2.45) is 5.92 Å². The summed E-state index contributed by atoms with van der Waals surface area (Å²) in [5, 5.41) is 4.16. The highest BCUT2D eigenvalue weighted by molar-refractivity contribution is 5.96. The van der Waals surface area contributed by atoms with E-state index in [4.69, 9.17) is 0 Å². The van der Waals surface area contributed by atoms with E-state index in [0.29, 0.717) is 5.78 Å². The molecule has 2 rings (SSSR count). The first-order valence-corrected chi connectivity index (χ1v) is 5.39. The Morgan fingerprint density at radius 2 is 2.43 bits per heavy atom. The van der Waals surface area contributed by atoms with Crippen molar-refractivity contribution in [3.8, 4) is 0 Å². The molecule has 0 saturated heterocycles. The van der Waals surface area contributed by atoms with E-state index in [1.807, 2.05) is 10.7 Å². The van der Waals surface area contributed by atoms with E-state index >= 15 is 0 Å². The van der Waals surface area contributed by atoms with Gasteiger partial charge in [-0.3, -0.25) is 9.48 Å². The van der Waals surface area contributed by atoms with Gasteiger partial charge in [-0.2, -0.15) is 5.10 Å². The van der Waals surface area contributed by atoms with E-state index in [9.17, 15) is 4.79 Å². The number of aromatic nitrogens is 2. The molecule has 1 heterocycles. The predicted octanol–water partition coefficient (Wildman–Crippen LogP) is 2.28. The lowest BCUT2D eigenvalue weighted by atomic mass is 9.81. The lowest BCUT2D eigenvalue weighted by molar-refractivity contribution is 0.0843. The lowest BCUT2D eigenvalue weighted by Crippen LogP contribution is -2.24. The topological polar surface area (TPSA) is 34.9 Å². The molecular formula is C11H16N2O. The van der Waals surface area contributed by atoms with Crippen molar-refractivity contribution in [2.45, 2.75) is 39.2 Å². The van der Waals surface area contributed by atoms with Crippen LogP contribution >= 0.6 is 0 Å². The molecule has 0 atom stereocenters. The molecule has 3 heteroatoms. The summed E-state index contributed by atoms with van der Waals surface area (Å²) in [4.78, 5) is 11.9. The highest BCUT2D eigenvalue weighted by atomic mass is 16.1. The molecule has 1 fully saturated rings. The highest BCUT2D eigenvalue weighted by Crippen LogP contribution is 2.29. The second-order valence-corrected chi connectivity index (χ2v) is 3.93. The number of aryl methyl sites for hydroxylation is 1. The number of carbonyl (C=O) groups excluding carboxylic acids is 1. The fraction of sp³-hybridized carbons (Fsp3) is 0.636. The van der Waals surface area contributed by atoms with Crippen LogP contribution in [0.1, 0.15) is 43.1 Å². The number of Topliss-reactive ketones (excluding diaryl/α,β-unsaturated/α-hetero) is 1. The van der Waals surface area contributed by atoms with Gasteiger partial charge in [0.05, 0.1) is 0 Å². The zero-order valence-electron chi connectivity index (χ0n) is 8.57. The molecule has 1 aliphatic rings. The Balaban J connectivity index is 2.13. The number of carbonyl (C=O) groups is 1. The van der Waals surface area contributed by atoms with Crippen molar-refractivity contribution in [1.29, 1.82) is 0 Å². The molecule has 1 aliphatic carbocycles. The Hall–Kier alpha value is -1.12. The maximum absolute atomic E-state index is 11.9. The van der Waals surface area contributed by atoms with E-state index in [1.165, 1.54) is 6.42 Å². The molecule has 14 heavy (non-hydrogen) atoms. The third-order valence-electron chi connectivity index (χ3n) is 2.88. The molecular weight excluding hydrogens is 176 g/mol. The SMILES string of the molecule is CCCn1nccc1C(=O)C1CCC1. The third kappa shape index (κ3) is 1.59. The summed E-state index contributed by atoms with van der Waals surface area (Å²) < 4.78 is 1.83. The van der Waals surface area contributed by atoms with Crippen LogP contribution in [-0.2, 0) is 6.54 Å². The minimum Gasteiger partial charge on any atom is -0.292 e. The quantitative estimate of drug-likeness (QED) is 0.686. The second-order valence-electron chi connectivity index (χ2n) is 3.93. The van der Waals surface area contributed by atoms with Gasteiger partial charge in [-0.25, -0.2) is 0 Å². The molecule has 76 valence electrons. The average Bonchev–Trinajstić information content (AvgIpc) is 2.49.